The highest BCUT2D eigenvalue weighted by Crippen LogP contribution is 2.36. The van der Waals surface area contributed by atoms with Gasteiger partial charge in [0.1, 0.15) is 0 Å². The fourth-order valence-corrected chi connectivity index (χ4v) is 2.51. The third kappa shape index (κ3) is 3.13. The number of pyridine rings is 1. The Morgan fingerprint density at radius 1 is 1.00 bits per heavy atom. The lowest BCUT2D eigenvalue weighted by Crippen LogP contribution is -2.08. The predicted octanol–water partition coefficient (Wildman–Crippen LogP) is 5.56. The van der Waals surface area contributed by atoms with Crippen molar-refractivity contribution < 1.29 is 13.2 Å². The zero-order valence-corrected chi connectivity index (χ0v) is 12.5. The van der Waals surface area contributed by atoms with Crippen molar-refractivity contribution in [3.05, 3.63) is 65.9 Å². The van der Waals surface area contributed by atoms with Gasteiger partial charge in [0.2, 0.25) is 0 Å². The van der Waals surface area contributed by atoms with Crippen molar-refractivity contribution in [2.24, 2.45) is 0 Å². The van der Waals surface area contributed by atoms with Gasteiger partial charge < -0.3 is 5.32 Å². The van der Waals surface area contributed by atoms with E-state index in [2.05, 4.69) is 10.3 Å². The Balaban J connectivity index is 2.09. The number of nitrogens with one attached hydrogen (secondary N) is 1. The topological polar surface area (TPSA) is 24.9 Å². The quantitative estimate of drug-likeness (QED) is 0.684. The monoisotopic (exact) mass is 316 g/mol. The Morgan fingerprint density at radius 2 is 1.78 bits per heavy atom. The van der Waals surface area contributed by atoms with Gasteiger partial charge in [-0.05, 0) is 42.3 Å². The van der Waals surface area contributed by atoms with Crippen LogP contribution in [0.25, 0.3) is 10.9 Å². The van der Waals surface area contributed by atoms with Gasteiger partial charge in [-0.1, -0.05) is 25.1 Å². The van der Waals surface area contributed by atoms with E-state index in [4.69, 9.17) is 0 Å². The molecule has 0 amide bonds. The van der Waals surface area contributed by atoms with Crippen LogP contribution in [0, 0.1) is 0 Å². The summed E-state index contributed by atoms with van der Waals surface area (Å²) in [5, 5.41) is 3.72. The standard InChI is InChI=1S/C18H15F3N2/c1-2-12-7-8-15-13(11-12)16(9-10-22-15)23-17-6-4-3-5-14(17)18(19,20)21/h3-11H,2H2,1H3,(H,22,23). The van der Waals surface area contributed by atoms with E-state index in [1.807, 2.05) is 25.1 Å². The maximum absolute atomic E-state index is 13.1. The molecule has 0 unspecified atom stereocenters. The SMILES string of the molecule is CCc1ccc2nccc(Nc3ccccc3C(F)(F)F)c2c1. The summed E-state index contributed by atoms with van der Waals surface area (Å²) in [5.74, 6) is 0. The van der Waals surface area contributed by atoms with Gasteiger partial charge in [-0.2, -0.15) is 13.2 Å². The first-order chi connectivity index (χ1) is 11.0. The normalized spacial score (nSPS) is 11.7. The van der Waals surface area contributed by atoms with E-state index in [9.17, 15) is 13.2 Å². The first-order valence-corrected chi connectivity index (χ1v) is 7.30. The molecule has 0 bridgehead atoms. The number of halogens is 3. The van der Waals surface area contributed by atoms with Gasteiger partial charge in [-0.25, -0.2) is 0 Å². The number of anilines is 2. The molecule has 5 heteroatoms. The minimum atomic E-state index is -4.40. The van der Waals surface area contributed by atoms with Crippen molar-refractivity contribution in [1.82, 2.24) is 4.98 Å². The van der Waals surface area contributed by atoms with Crippen LogP contribution < -0.4 is 5.32 Å². The molecule has 23 heavy (non-hydrogen) atoms. The van der Waals surface area contributed by atoms with Crippen molar-refractivity contribution in [2.45, 2.75) is 19.5 Å². The number of hydrogen-bond acceptors (Lipinski definition) is 2. The lowest BCUT2D eigenvalue weighted by atomic mass is 10.1. The zero-order valence-electron chi connectivity index (χ0n) is 12.5. The summed E-state index contributed by atoms with van der Waals surface area (Å²) in [7, 11) is 0. The summed E-state index contributed by atoms with van der Waals surface area (Å²) in [4.78, 5) is 4.27. The van der Waals surface area contributed by atoms with Gasteiger partial charge in [-0.15, -0.1) is 0 Å². The minimum absolute atomic E-state index is 0.0365. The number of hydrogen-bond donors (Lipinski definition) is 1. The average Bonchev–Trinajstić information content (AvgIpc) is 2.54. The molecule has 1 N–H and O–H groups in total. The molecule has 3 aromatic rings. The largest absolute Gasteiger partial charge is 0.418 e. The number of aryl methyl sites for hydroxylation is 1. The number of para-hydroxylation sites is 1. The van der Waals surface area contributed by atoms with Crippen LogP contribution in [0.5, 0.6) is 0 Å². The van der Waals surface area contributed by atoms with E-state index < -0.39 is 11.7 Å². The molecule has 2 aromatic carbocycles. The number of alkyl halides is 3. The molecule has 1 heterocycles. The minimum Gasteiger partial charge on any atom is -0.354 e. The van der Waals surface area contributed by atoms with Crippen molar-refractivity contribution in [2.75, 3.05) is 5.32 Å². The van der Waals surface area contributed by atoms with E-state index >= 15 is 0 Å². The smallest absolute Gasteiger partial charge is 0.354 e. The van der Waals surface area contributed by atoms with Crippen molar-refractivity contribution in [3.8, 4) is 0 Å². The fraction of sp³-hybridized carbons (Fsp3) is 0.167. The Bertz CT molecular complexity index is 841. The fourth-order valence-electron chi connectivity index (χ4n) is 2.51. The van der Waals surface area contributed by atoms with Crippen molar-refractivity contribution in [1.29, 1.82) is 0 Å². The molecule has 0 saturated carbocycles. The van der Waals surface area contributed by atoms with Crippen LogP contribution in [0.1, 0.15) is 18.1 Å². The molecule has 0 saturated heterocycles. The summed E-state index contributed by atoms with van der Waals surface area (Å²) >= 11 is 0. The third-order valence-corrected chi connectivity index (χ3v) is 3.72. The van der Waals surface area contributed by atoms with Crippen LogP contribution in [0.3, 0.4) is 0 Å². The molecular formula is C18H15F3N2. The first-order valence-electron chi connectivity index (χ1n) is 7.30. The van der Waals surface area contributed by atoms with E-state index in [0.717, 1.165) is 29.0 Å². The first kappa shape index (κ1) is 15.3. The Morgan fingerprint density at radius 3 is 2.52 bits per heavy atom. The molecule has 0 aliphatic carbocycles. The van der Waals surface area contributed by atoms with Crippen molar-refractivity contribution >= 4 is 22.3 Å². The summed E-state index contributed by atoms with van der Waals surface area (Å²) < 4.78 is 39.4. The summed E-state index contributed by atoms with van der Waals surface area (Å²) in [6, 6.07) is 13.0. The van der Waals surface area contributed by atoms with Crippen LogP contribution in [-0.4, -0.2) is 4.98 Å². The lowest BCUT2D eigenvalue weighted by Gasteiger charge is -2.15. The van der Waals surface area contributed by atoms with Gasteiger partial charge in [0.05, 0.1) is 16.8 Å². The van der Waals surface area contributed by atoms with Gasteiger partial charge in [0, 0.05) is 17.3 Å². The number of aromatic nitrogens is 1. The number of fused-ring (bicyclic) bond motifs is 1. The molecule has 0 radical (unpaired) electrons. The van der Waals surface area contributed by atoms with Crippen molar-refractivity contribution in [3.63, 3.8) is 0 Å². The van der Waals surface area contributed by atoms with E-state index in [0.29, 0.717) is 5.69 Å². The molecule has 0 fully saturated rings. The second kappa shape index (κ2) is 5.91. The summed E-state index contributed by atoms with van der Waals surface area (Å²) in [6.45, 7) is 2.03. The molecule has 1 aromatic heterocycles. The summed E-state index contributed by atoms with van der Waals surface area (Å²) in [6.07, 6.45) is -1.96. The Hall–Kier alpha value is -2.56. The maximum atomic E-state index is 13.1. The average molecular weight is 316 g/mol. The molecule has 3 rings (SSSR count). The summed E-state index contributed by atoms with van der Waals surface area (Å²) in [5.41, 5.74) is 1.82. The highest BCUT2D eigenvalue weighted by atomic mass is 19.4. The molecule has 2 nitrogen and oxygen atoms in total. The second-order valence-electron chi connectivity index (χ2n) is 5.23. The molecule has 118 valence electrons. The highest BCUT2D eigenvalue weighted by molar-refractivity contribution is 5.93. The number of rotatable bonds is 3. The number of benzene rings is 2. The molecular weight excluding hydrogens is 301 g/mol. The number of nitrogens with zero attached hydrogens (tertiary/aromatic N) is 1. The van der Waals surface area contributed by atoms with Crippen LogP contribution in [0.15, 0.2) is 54.7 Å². The molecule has 0 atom stereocenters. The van der Waals surface area contributed by atoms with E-state index in [-0.39, 0.29) is 5.69 Å². The zero-order chi connectivity index (χ0) is 16.4. The van der Waals surface area contributed by atoms with Gasteiger partial charge >= 0.3 is 6.18 Å². The van der Waals surface area contributed by atoms with Gasteiger partial charge in [0.15, 0.2) is 0 Å². The van der Waals surface area contributed by atoms with Gasteiger partial charge in [-0.3, -0.25) is 4.98 Å². The second-order valence-corrected chi connectivity index (χ2v) is 5.23. The highest BCUT2D eigenvalue weighted by Gasteiger charge is 2.33. The van der Waals surface area contributed by atoms with Crippen LogP contribution in [-0.2, 0) is 12.6 Å². The van der Waals surface area contributed by atoms with E-state index in [1.54, 1.807) is 18.3 Å². The molecule has 0 aliphatic rings. The Labute approximate surface area is 132 Å². The van der Waals surface area contributed by atoms with Crippen LogP contribution >= 0.6 is 0 Å². The third-order valence-electron chi connectivity index (χ3n) is 3.72. The van der Waals surface area contributed by atoms with E-state index in [1.165, 1.54) is 12.1 Å². The Kier molecular flexibility index (Phi) is 3.94. The van der Waals surface area contributed by atoms with Gasteiger partial charge in [0.25, 0.3) is 0 Å². The predicted molar refractivity (Wildman–Crippen MR) is 85.8 cm³/mol. The van der Waals surface area contributed by atoms with Crippen LogP contribution in [0.2, 0.25) is 0 Å². The molecule has 0 aliphatic heterocycles. The lowest BCUT2D eigenvalue weighted by molar-refractivity contribution is -0.136. The maximum Gasteiger partial charge on any atom is 0.418 e. The van der Waals surface area contributed by atoms with Crippen LogP contribution in [0.4, 0.5) is 24.5 Å². The molecule has 0 spiro atoms.